The maximum atomic E-state index is 13.7. The first-order chi connectivity index (χ1) is 10.6. The van der Waals surface area contributed by atoms with E-state index in [0.29, 0.717) is 5.75 Å². The van der Waals surface area contributed by atoms with Crippen molar-refractivity contribution < 1.29 is 15.3 Å². The number of primary amides is 1. The molecule has 22 heavy (non-hydrogen) atoms. The minimum Gasteiger partial charge on any atom is -0.489 e. The van der Waals surface area contributed by atoms with Gasteiger partial charge < -0.3 is 10.5 Å². The van der Waals surface area contributed by atoms with Crippen molar-refractivity contribution in [2.45, 2.75) is 40.2 Å². The maximum Gasteiger partial charge on any atom is 0.217 e. The molecule has 0 radical (unpaired) electrons. The van der Waals surface area contributed by atoms with E-state index in [1.165, 1.54) is 12.1 Å². The first kappa shape index (κ1) is 14.8. The number of ether oxygens (including phenoxy) is 1. The normalized spacial score (nSPS) is 25.4. The van der Waals surface area contributed by atoms with Crippen molar-refractivity contribution in [2.75, 3.05) is 0 Å². The van der Waals surface area contributed by atoms with Crippen LogP contribution in [0, 0.1) is 33.9 Å². The number of benzene rings is 1. The molecule has 0 unspecified atom stereocenters. The van der Waals surface area contributed by atoms with Gasteiger partial charge in [0, 0.05) is 23.3 Å². The minimum atomic E-state index is -0.606. The molecule has 5 heteroatoms. The number of nitriles is 1. The van der Waals surface area contributed by atoms with Gasteiger partial charge in [-0.2, -0.15) is 5.26 Å². The van der Waals surface area contributed by atoms with Crippen LogP contribution in [0.25, 0.3) is 0 Å². The number of carbonyl (C=O) groups is 1. The highest BCUT2D eigenvalue weighted by Gasteiger charge is 2.63. The van der Waals surface area contributed by atoms with Crippen LogP contribution in [0.4, 0.5) is 4.39 Å². The Hall–Kier alpha value is -2.09. The summed E-state index contributed by atoms with van der Waals surface area (Å²) in [6.45, 7) is 8.02. The van der Waals surface area contributed by atoms with E-state index in [9.17, 15) is 9.18 Å². The third kappa shape index (κ3) is 2.54. The molecule has 0 bridgehead atoms. The lowest BCUT2D eigenvalue weighted by Gasteiger charge is -2.63. The van der Waals surface area contributed by atoms with Crippen LogP contribution in [0.1, 0.15) is 39.7 Å². The van der Waals surface area contributed by atoms with Crippen LogP contribution in [0.15, 0.2) is 18.2 Å². The molecule has 1 aromatic rings. The van der Waals surface area contributed by atoms with E-state index in [4.69, 9.17) is 11.4 Å². The van der Waals surface area contributed by atoms with Crippen molar-refractivity contribution in [1.82, 2.24) is 0 Å². The largest absolute Gasteiger partial charge is 0.489 e. The van der Waals surface area contributed by atoms with E-state index in [0.717, 1.165) is 0 Å². The Kier molecular flexibility index (Phi) is 3.56. The summed E-state index contributed by atoms with van der Waals surface area (Å²) < 4.78 is 26.7. The fourth-order valence-corrected chi connectivity index (χ4v) is 4.00. The SMILES string of the molecule is [2H]NC(=O)CC1C(C)(C)C(Oc2ccc(C#N)c(F)c2)C1(C)C. The highest BCUT2D eigenvalue weighted by Crippen LogP contribution is 2.61. The predicted molar refractivity (Wildman–Crippen MR) is 80.4 cm³/mol. The Bertz CT molecular complexity index is 651. The third-order valence-electron chi connectivity index (χ3n) is 4.85. The second-order valence-electron chi connectivity index (χ2n) is 7.07. The Labute approximate surface area is 131 Å². The van der Waals surface area contributed by atoms with E-state index in [-0.39, 0.29) is 40.7 Å². The summed E-state index contributed by atoms with van der Waals surface area (Å²) in [7, 11) is 0. The molecule has 1 aliphatic rings. The molecule has 1 aromatic carbocycles. The lowest BCUT2D eigenvalue weighted by atomic mass is 9.45. The molecule has 1 aliphatic carbocycles. The van der Waals surface area contributed by atoms with Gasteiger partial charge in [-0.3, -0.25) is 4.79 Å². The molecule has 0 spiro atoms. The van der Waals surface area contributed by atoms with Gasteiger partial charge in [0.15, 0.2) is 1.41 Å². The van der Waals surface area contributed by atoms with E-state index in [2.05, 4.69) is 0 Å². The highest BCUT2D eigenvalue weighted by atomic mass is 19.1. The Morgan fingerprint density at radius 3 is 2.59 bits per heavy atom. The molecule has 1 saturated carbocycles. The van der Waals surface area contributed by atoms with Crippen LogP contribution >= 0.6 is 0 Å². The maximum absolute atomic E-state index is 13.7. The highest BCUT2D eigenvalue weighted by molar-refractivity contribution is 5.74. The summed E-state index contributed by atoms with van der Waals surface area (Å²) in [5, 5.41) is 8.77. The zero-order valence-corrected chi connectivity index (χ0v) is 13.2. The van der Waals surface area contributed by atoms with E-state index in [1.807, 2.05) is 33.4 Å². The molecule has 118 valence electrons. The second-order valence-corrected chi connectivity index (χ2v) is 7.07. The monoisotopic (exact) mass is 305 g/mol. The fraction of sp³-hybridized carbons (Fsp3) is 0.529. The summed E-state index contributed by atoms with van der Waals surface area (Å²) in [6.07, 6.45) is 0.0522. The van der Waals surface area contributed by atoms with Gasteiger partial charge in [0.25, 0.3) is 0 Å². The molecule has 0 heterocycles. The number of hydrogen-bond donors (Lipinski definition) is 1. The lowest BCUT2D eigenvalue weighted by molar-refractivity contribution is -0.200. The van der Waals surface area contributed by atoms with Crippen molar-refractivity contribution in [3.63, 3.8) is 0 Å². The molecule has 0 aromatic heterocycles. The van der Waals surface area contributed by atoms with Crippen molar-refractivity contribution >= 4 is 5.91 Å². The van der Waals surface area contributed by atoms with Crippen molar-refractivity contribution in [2.24, 2.45) is 22.5 Å². The molecular weight excluding hydrogens is 283 g/mol. The molecule has 0 atom stereocenters. The van der Waals surface area contributed by atoms with Crippen LogP contribution in [0.3, 0.4) is 0 Å². The molecule has 1 amide bonds. The van der Waals surface area contributed by atoms with Crippen LogP contribution in [0.5, 0.6) is 5.75 Å². The fourth-order valence-electron chi connectivity index (χ4n) is 4.00. The van der Waals surface area contributed by atoms with Crippen LogP contribution in [0.2, 0.25) is 1.41 Å². The number of nitrogens with two attached hydrogens (primary N) is 1. The molecule has 0 aliphatic heterocycles. The second kappa shape index (κ2) is 5.28. The molecule has 2 N–H and O–H groups in total. The molecule has 0 saturated heterocycles. The summed E-state index contributed by atoms with van der Waals surface area (Å²) in [4.78, 5) is 11.6. The van der Waals surface area contributed by atoms with Crippen molar-refractivity contribution in [3.8, 4) is 11.8 Å². The Balaban J connectivity index is 2.19. The van der Waals surface area contributed by atoms with E-state index >= 15 is 0 Å². The van der Waals surface area contributed by atoms with Crippen LogP contribution in [-0.4, -0.2) is 12.0 Å². The first-order valence-corrected chi connectivity index (χ1v) is 7.21. The Morgan fingerprint density at radius 1 is 1.45 bits per heavy atom. The number of carbonyl (C=O) groups excluding carboxylic acids is 1. The predicted octanol–water partition coefficient (Wildman–Crippen LogP) is 3.00. The summed E-state index contributed by atoms with van der Waals surface area (Å²) >= 11 is 0. The summed E-state index contributed by atoms with van der Waals surface area (Å²) in [5.41, 5.74) is 1.31. The van der Waals surface area contributed by atoms with Gasteiger partial charge in [-0.1, -0.05) is 27.7 Å². The molecule has 4 nitrogen and oxygen atoms in total. The molecule has 1 fully saturated rings. The lowest BCUT2D eigenvalue weighted by Crippen LogP contribution is -2.66. The topological polar surface area (TPSA) is 76.1 Å². The smallest absolute Gasteiger partial charge is 0.217 e. The Morgan fingerprint density at radius 2 is 2.09 bits per heavy atom. The number of hydrogen-bond acceptors (Lipinski definition) is 3. The van der Waals surface area contributed by atoms with Crippen molar-refractivity contribution in [3.05, 3.63) is 29.6 Å². The average Bonchev–Trinajstić information content (AvgIpc) is 2.49. The van der Waals surface area contributed by atoms with Gasteiger partial charge in [-0.25, -0.2) is 4.39 Å². The number of rotatable bonds is 4. The van der Waals surface area contributed by atoms with Gasteiger partial charge in [-0.15, -0.1) is 0 Å². The average molecular weight is 305 g/mol. The number of halogens is 1. The quantitative estimate of drug-likeness (QED) is 0.929. The number of amides is 1. The summed E-state index contributed by atoms with van der Waals surface area (Å²) in [6, 6.07) is 5.97. The zero-order valence-electron chi connectivity index (χ0n) is 14.2. The number of nitrogens with zero attached hydrogens (tertiary/aromatic N) is 1. The van der Waals surface area contributed by atoms with Crippen molar-refractivity contribution in [1.29, 1.82) is 5.26 Å². The molecule has 2 rings (SSSR count). The van der Waals surface area contributed by atoms with Crippen LogP contribution in [-0.2, 0) is 4.79 Å². The van der Waals surface area contributed by atoms with Gasteiger partial charge in [0.05, 0.1) is 5.56 Å². The standard InChI is InChI=1S/C17H21FN2O2/c1-16(2)13(8-14(20)21)17(3,4)15(16)22-11-6-5-10(9-19)12(18)7-11/h5-7,13,15H,8H2,1-4H3,(H2,20,21)/i/hD. The first-order valence-electron chi connectivity index (χ1n) is 7.71. The van der Waals surface area contributed by atoms with Crippen LogP contribution < -0.4 is 10.5 Å². The van der Waals surface area contributed by atoms with Gasteiger partial charge in [0.2, 0.25) is 5.91 Å². The third-order valence-corrected chi connectivity index (χ3v) is 4.85. The van der Waals surface area contributed by atoms with Gasteiger partial charge in [0.1, 0.15) is 23.7 Å². The van der Waals surface area contributed by atoms with Gasteiger partial charge >= 0.3 is 0 Å². The minimum absolute atomic E-state index is 0.0190. The summed E-state index contributed by atoms with van der Waals surface area (Å²) in [5.74, 6) is -0.506. The van der Waals surface area contributed by atoms with Gasteiger partial charge in [-0.05, 0) is 18.1 Å². The van der Waals surface area contributed by atoms with E-state index in [1.54, 1.807) is 12.1 Å². The van der Waals surface area contributed by atoms with E-state index < -0.39 is 5.82 Å². The zero-order chi connectivity index (χ0) is 17.4. The molecular formula is C17H21FN2O2.